The molecule has 8 heteroatoms. The molecule has 2 aliphatic rings. The molecule has 0 bridgehead atoms. The number of amides is 2. The number of urea groups is 1. The number of carbonyl (C=O) groups excluding carboxylic acids is 1. The fraction of sp³-hybridized carbons (Fsp3) is 0.579. The summed E-state index contributed by atoms with van der Waals surface area (Å²) in [6.45, 7) is 3.77. The number of rotatable bonds is 6. The molecule has 27 heavy (non-hydrogen) atoms. The average Bonchev–Trinajstić information content (AvgIpc) is 3.44. The Morgan fingerprint density at radius 1 is 1.37 bits per heavy atom. The van der Waals surface area contributed by atoms with Crippen LogP contribution < -0.4 is 5.32 Å². The number of hydrogen-bond acceptors (Lipinski definition) is 6. The number of aromatic nitrogens is 3. The maximum Gasteiger partial charge on any atom is 0.318 e. The molecule has 2 amide bonds. The second-order valence-electron chi connectivity index (χ2n) is 7.29. The summed E-state index contributed by atoms with van der Waals surface area (Å²) in [4.78, 5) is 22.8. The van der Waals surface area contributed by atoms with Crippen molar-refractivity contribution in [1.29, 1.82) is 0 Å². The van der Waals surface area contributed by atoms with Gasteiger partial charge >= 0.3 is 6.03 Å². The Kier molecular flexibility index (Phi) is 5.33. The second kappa shape index (κ2) is 8.04. The van der Waals surface area contributed by atoms with Gasteiger partial charge in [-0.05, 0) is 44.2 Å². The van der Waals surface area contributed by atoms with Crippen molar-refractivity contribution < 1.29 is 14.1 Å². The third-order valence-corrected chi connectivity index (χ3v) is 5.05. The largest absolute Gasteiger partial charge is 0.373 e. The molecule has 1 unspecified atom stereocenters. The maximum absolute atomic E-state index is 12.5. The van der Waals surface area contributed by atoms with Crippen LogP contribution in [0.5, 0.6) is 0 Å². The van der Waals surface area contributed by atoms with Crippen LogP contribution in [-0.2, 0) is 11.3 Å². The Bertz CT molecular complexity index is 754. The minimum absolute atomic E-state index is 0.0978. The number of piperidine rings is 1. The minimum Gasteiger partial charge on any atom is -0.373 e. The van der Waals surface area contributed by atoms with Crippen molar-refractivity contribution in [2.75, 3.05) is 13.1 Å². The van der Waals surface area contributed by atoms with Crippen LogP contribution in [0.4, 0.5) is 4.79 Å². The molecule has 2 aromatic rings. The van der Waals surface area contributed by atoms with Crippen LogP contribution >= 0.6 is 0 Å². The second-order valence-corrected chi connectivity index (χ2v) is 7.29. The third-order valence-electron chi connectivity index (χ3n) is 5.05. The Hall–Kier alpha value is -2.48. The highest BCUT2D eigenvalue weighted by Gasteiger charge is 2.30. The van der Waals surface area contributed by atoms with E-state index in [0.717, 1.165) is 37.1 Å². The molecule has 0 aromatic carbocycles. The Morgan fingerprint density at radius 3 is 2.89 bits per heavy atom. The number of carbonyl (C=O) groups is 1. The van der Waals surface area contributed by atoms with Crippen molar-refractivity contribution in [3.63, 3.8) is 0 Å². The van der Waals surface area contributed by atoms with Crippen LogP contribution in [0.15, 0.2) is 29.0 Å². The normalized spacial score (nSPS) is 19.1. The number of hydrogen-bond donors (Lipinski definition) is 1. The molecule has 1 saturated heterocycles. The Labute approximate surface area is 158 Å². The summed E-state index contributed by atoms with van der Waals surface area (Å²) < 4.78 is 11.2. The molecule has 8 nitrogen and oxygen atoms in total. The predicted molar refractivity (Wildman–Crippen MR) is 96.8 cm³/mol. The molecule has 4 rings (SSSR count). The fourth-order valence-corrected chi connectivity index (χ4v) is 3.19. The van der Waals surface area contributed by atoms with Crippen LogP contribution in [-0.4, -0.2) is 45.2 Å². The lowest BCUT2D eigenvalue weighted by Gasteiger charge is -2.32. The molecule has 2 aromatic heterocycles. The zero-order valence-electron chi connectivity index (χ0n) is 15.5. The summed E-state index contributed by atoms with van der Waals surface area (Å²) in [5.41, 5.74) is 1.07. The number of likely N-dealkylation sites (tertiary alicyclic amines) is 1. The van der Waals surface area contributed by atoms with E-state index in [1.54, 1.807) is 6.20 Å². The van der Waals surface area contributed by atoms with E-state index >= 15 is 0 Å². The van der Waals surface area contributed by atoms with Gasteiger partial charge < -0.3 is 19.5 Å². The van der Waals surface area contributed by atoms with Crippen LogP contribution in [0.2, 0.25) is 0 Å². The number of nitrogens with one attached hydrogen (secondary N) is 1. The highest BCUT2D eigenvalue weighted by molar-refractivity contribution is 5.74. The van der Waals surface area contributed by atoms with Gasteiger partial charge in [0, 0.05) is 31.4 Å². The lowest BCUT2D eigenvalue weighted by atomic mass is 10.1. The van der Waals surface area contributed by atoms with E-state index in [2.05, 4.69) is 20.4 Å². The van der Waals surface area contributed by atoms with E-state index in [-0.39, 0.29) is 18.2 Å². The van der Waals surface area contributed by atoms with E-state index in [9.17, 15) is 4.79 Å². The topological polar surface area (TPSA) is 93.4 Å². The van der Waals surface area contributed by atoms with Crippen LogP contribution in [0.1, 0.15) is 61.8 Å². The molecule has 1 aliphatic heterocycles. The molecule has 0 radical (unpaired) electrons. The van der Waals surface area contributed by atoms with E-state index < -0.39 is 0 Å². The number of nitrogens with zero attached hydrogens (tertiary/aromatic N) is 4. The van der Waals surface area contributed by atoms with Crippen LogP contribution in [0.25, 0.3) is 0 Å². The summed E-state index contributed by atoms with van der Waals surface area (Å²) in [5.74, 6) is 1.67. The van der Waals surface area contributed by atoms with Gasteiger partial charge in [-0.15, -0.1) is 0 Å². The molecule has 1 aliphatic carbocycles. The van der Waals surface area contributed by atoms with Gasteiger partial charge in [0.1, 0.15) is 6.04 Å². The monoisotopic (exact) mass is 371 g/mol. The molecule has 1 N–H and O–H groups in total. The first-order valence-corrected chi connectivity index (χ1v) is 9.58. The van der Waals surface area contributed by atoms with Crippen molar-refractivity contribution >= 4 is 6.03 Å². The first-order chi connectivity index (χ1) is 13.2. The smallest absolute Gasteiger partial charge is 0.318 e. The summed E-state index contributed by atoms with van der Waals surface area (Å²) in [7, 11) is 0. The third kappa shape index (κ3) is 4.63. The van der Waals surface area contributed by atoms with E-state index in [1.165, 1.54) is 0 Å². The summed E-state index contributed by atoms with van der Waals surface area (Å²) in [6, 6.07) is 3.52. The van der Waals surface area contributed by atoms with Crippen molar-refractivity contribution in [1.82, 2.24) is 25.3 Å². The van der Waals surface area contributed by atoms with E-state index in [4.69, 9.17) is 9.26 Å². The molecule has 0 spiro atoms. The summed E-state index contributed by atoms with van der Waals surface area (Å²) in [5, 5.41) is 6.96. The van der Waals surface area contributed by atoms with E-state index in [0.29, 0.717) is 31.5 Å². The SMILES string of the molecule is CC(NC(=O)N1CCC(OCc2cccnc2)CC1)c1nc(C2CC2)no1. The zero-order valence-corrected chi connectivity index (χ0v) is 15.5. The summed E-state index contributed by atoms with van der Waals surface area (Å²) in [6.07, 6.45) is 7.64. The van der Waals surface area contributed by atoms with Crippen molar-refractivity contribution in [3.05, 3.63) is 41.8 Å². The minimum atomic E-state index is -0.294. The van der Waals surface area contributed by atoms with Crippen LogP contribution in [0, 0.1) is 0 Å². The number of ether oxygens (including phenoxy) is 1. The summed E-state index contributed by atoms with van der Waals surface area (Å²) >= 11 is 0. The molecule has 144 valence electrons. The quantitative estimate of drug-likeness (QED) is 0.839. The van der Waals surface area contributed by atoms with Gasteiger partial charge in [0.2, 0.25) is 5.89 Å². The van der Waals surface area contributed by atoms with Gasteiger partial charge in [0.15, 0.2) is 5.82 Å². The van der Waals surface area contributed by atoms with E-state index in [1.807, 2.05) is 30.2 Å². The molecule has 2 fully saturated rings. The first-order valence-electron chi connectivity index (χ1n) is 9.58. The molecule has 3 heterocycles. The van der Waals surface area contributed by atoms with Gasteiger partial charge in [-0.1, -0.05) is 11.2 Å². The Morgan fingerprint density at radius 2 is 2.19 bits per heavy atom. The van der Waals surface area contributed by atoms with Gasteiger partial charge in [0.05, 0.1) is 12.7 Å². The van der Waals surface area contributed by atoms with Gasteiger partial charge in [0.25, 0.3) is 0 Å². The lowest BCUT2D eigenvalue weighted by Crippen LogP contribution is -2.46. The molecule has 1 saturated carbocycles. The van der Waals surface area contributed by atoms with Crippen LogP contribution in [0.3, 0.4) is 0 Å². The van der Waals surface area contributed by atoms with Gasteiger partial charge in [-0.3, -0.25) is 4.98 Å². The highest BCUT2D eigenvalue weighted by Crippen LogP contribution is 2.38. The lowest BCUT2D eigenvalue weighted by molar-refractivity contribution is 0.00415. The molecule has 1 atom stereocenters. The van der Waals surface area contributed by atoms with Crippen molar-refractivity contribution in [3.8, 4) is 0 Å². The van der Waals surface area contributed by atoms with Gasteiger partial charge in [-0.25, -0.2) is 4.79 Å². The fourth-order valence-electron chi connectivity index (χ4n) is 3.19. The first kappa shape index (κ1) is 17.9. The van der Waals surface area contributed by atoms with Gasteiger partial charge in [-0.2, -0.15) is 4.98 Å². The molecular weight excluding hydrogens is 346 g/mol. The maximum atomic E-state index is 12.5. The van der Waals surface area contributed by atoms with Crippen molar-refractivity contribution in [2.45, 2.75) is 57.3 Å². The highest BCUT2D eigenvalue weighted by atomic mass is 16.5. The van der Waals surface area contributed by atoms with Crippen molar-refractivity contribution in [2.24, 2.45) is 0 Å². The Balaban J connectivity index is 1.21. The molecular formula is C19H25N5O3. The number of pyridine rings is 1. The predicted octanol–water partition coefficient (Wildman–Crippen LogP) is 2.79. The standard InChI is InChI=1S/C19H25N5O3/c1-13(18-22-17(23-27-18)15-4-5-15)21-19(25)24-9-6-16(7-10-24)26-12-14-3-2-8-20-11-14/h2-3,8,11,13,15-16H,4-7,9-10,12H2,1H3,(H,21,25). The zero-order chi connectivity index (χ0) is 18.6. The average molecular weight is 371 g/mol.